The van der Waals surface area contributed by atoms with Crippen molar-refractivity contribution in [3.05, 3.63) is 23.0 Å². The maximum Gasteiger partial charge on any atom is 0.128 e. The summed E-state index contributed by atoms with van der Waals surface area (Å²) in [5, 5.41) is 10.0. The highest BCUT2D eigenvalue weighted by molar-refractivity contribution is 5.41. The van der Waals surface area contributed by atoms with Crippen molar-refractivity contribution < 1.29 is 14.6 Å². The van der Waals surface area contributed by atoms with Crippen LogP contribution in [0.1, 0.15) is 36.6 Å². The standard InChI is InChI=1S/C15H25NO3/c1-5-19-8-6-7-13(17)9-14-12(3)15(18-4)11(2)10-16-14/h10,13,17H,5-9H2,1-4H3. The lowest BCUT2D eigenvalue weighted by Crippen LogP contribution is -2.14. The summed E-state index contributed by atoms with van der Waals surface area (Å²) in [4.78, 5) is 4.40. The fourth-order valence-corrected chi connectivity index (χ4v) is 2.17. The van der Waals surface area contributed by atoms with E-state index in [0.717, 1.165) is 42.0 Å². The molecule has 4 nitrogen and oxygen atoms in total. The third-order valence-corrected chi connectivity index (χ3v) is 3.21. The zero-order valence-electron chi connectivity index (χ0n) is 12.4. The fraction of sp³-hybridized carbons (Fsp3) is 0.667. The molecule has 19 heavy (non-hydrogen) atoms. The van der Waals surface area contributed by atoms with Gasteiger partial charge in [-0.25, -0.2) is 0 Å². The van der Waals surface area contributed by atoms with Crippen LogP contribution in [0, 0.1) is 13.8 Å². The Balaban J connectivity index is 2.57. The fourth-order valence-electron chi connectivity index (χ4n) is 2.17. The molecule has 0 bridgehead atoms. The Morgan fingerprint density at radius 3 is 2.74 bits per heavy atom. The lowest BCUT2D eigenvalue weighted by Gasteiger charge is -2.15. The number of nitrogens with zero attached hydrogens (tertiary/aromatic N) is 1. The van der Waals surface area contributed by atoms with E-state index in [1.807, 2.05) is 20.8 Å². The molecule has 108 valence electrons. The number of hydrogen-bond donors (Lipinski definition) is 1. The van der Waals surface area contributed by atoms with Crippen molar-refractivity contribution in [3.63, 3.8) is 0 Å². The van der Waals surface area contributed by atoms with Gasteiger partial charge in [-0.3, -0.25) is 4.98 Å². The molecular formula is C15H25NO3. The number of hydrogen-bond acceptors (Lipinski definition) is 4. The van der Waals surface area contributed by atoms with E-state index in [-0.39, 0.29) is 6.10 Å². The second-order valence-corrected chi connectivity index (χ2v) is 4.74. The van der Waals surface area contributed by atoms with Gasteiger partial charge >= 0.3 is 0 Å². The molecule has 1 aromatic heterocycles. The molecule has 0 amide bonds. The van der Waals surface area contributed by atoms with Crippen LogP contribution in [0.15, 0.2) is 6.20 Å². The van der Waals surface area contributed by atoms with Crippen LogP contribution in [0.5, 0.6) is 5.75 Å². The molecule has 1 rings (SSSR count). The molecule has 0 aromatic carbocycles. The first-order chi connectivity index (χ1) is 9.10. The first kappa shape index (κ1) is 15.9. The van der Waals surface area contributed by atoms with Crippen LogP contribution in [0.25, 0.3) is 0 Å². The maximum absolute atomic E-state index is 10.0. The van der Waals surface area contributed by atoms with E-state index in [2.05, 4.69) is 4.98 Å². The summed E-state index contributed by atoms with van der Waals surface area (Å²) in [6.07, 6.45) is 3.59. The summed E-state index contributed by atoms with van der Waals surface area (Å²) in [7, 11) is 1.66. The highest BCUT2D eigenvalue weighted by atomic mass is 16.5. The van der Waals surface area contributed by atoms with Gasteiger partial charge in [0.2, 0.25) is 0 Å². The summed E-state index contributed by atoms with van der Waals surface area (Å²) >= 11 is 0. The average molecular weight is 267 g/mol. The Bertz CT molecular complexity index is 393. The van der Waals surface area contributed by atoms with Gasteiger partial charge in [0, 0.05) is 42.7 Å². The smallest absolute Gasteiger partial charge is 0.128 e. The average Bonchev–Trinajstić information content (AvgIpc) is 2.39. The second kappa shape index (κ2) is 8.12. The van der Waals surface area contributed by atoms with E-state index in [0.29, 0.717) is 13.0 Å². The number of ether oxygens (including phenoxy) is 2. The lowest BCUT2D eigenvalue weighted by molar-refractivity contribution is 0.114. The number of aliphatic hydroxyl groups is 1. The van der Waals surface area contributed by atoms with Crippen molar-refractivity contribution in [1.29, 1.82) is 0 Å². The molecule has 1 aromatic rings. The molecule has 4 heteroatoms. The molecule has 0 fully saturated rings. The molecule has 0 saturated heterocycles. The molecule has 0 aliphatic carbocycles. The van der Waals surface area contributed by atoms with Crippen molar-refractivity contribution in [2.24, 2.45) is 0 Å². The minimum Gasteiger partial charge on any atom is -0.496 e. The summed E-state index contributed by atoms with van der Waals surface area (Å²) in [6, 6.07) is 0. The van der Waals surface area contributed by atoms with Crippen LogP contribution in [0.4, 0.5) is 0 Å². The van der Waals surface area contributed by atoms with Crippen LogP contribution < -0.4 is 4.74 Å². The van der Waals surface area contributed by atoms with Crippen molar-refractivity contribution in [3.8, 4) is 5.75 Å². The van der Waals surface area contributed by atoms with Gasteiger partial charge in [0.15, 0.2) is 0 Å². The Kier molecular flexibility index (Phi) is 6.81. The van der Waals surface area contributed by atoms with E-state index in [4.69, 9.17) is 9.47 Å². The van der Waals surface area contributed by atoms with Crippen molar-refractivity contribution in [1.82, 2.24) is 4.98 Å². The predicted octanol–water partition coefficient (Wildman–Crippen LogP) is 2.43. The van der Waals surface area contributed by atoms with Gasteiger partial charge in [-0.05, 0) is 33.6 Å². The lowest BCUT2D eigenvalue weighted by atomic mass is 10.0. The summed E-state index contributed by atoms with van der Waals surface area (Å²) in [6.45, 7) is 7.37. The predicted molar refractivity (Wildman–Crippen MR) is 75.7 cm³/mol. The number of rotatable bonds is 8. The van der Waals surface area contributed by atoms with Crippen molar-refractivity contribution in [2.45, 2.75) is 46.1 Å². The van der Waals surface area contributed by atoms with Crippen LogP contribution in [-0.2, 0) is 11.2 Å². The van der Waals surface area contributed by atoms with Gasteiger partial charge in [0.05, 0.1) is 13.2 Å². The van der Waals surface area contributed by atoms with Gasteiger partial charge in [0.25, 0.3) is 0 Å². The van der Waals surface area contributed by atoms with Gasteiger partial charge in [-0.1, -0.05) is 0 Å². The number of aromatic nitrogens is 1. The Labute approximate surface area is 115 Å². The zero-order valence-corrected chi connectivity index (χ0v) is 12.4. The molecule has 0 radical (unpaired) electrons. The first-order valence-corrected chi connectivity index (χ1v) is 6.85. The highest BCUT2D eigenvalue weighted by Crippen LogP contribution is 2.25. The second-order valence-electron chi connectivity index (χ2n) is 4.74. The first-order valence-electron chi connectivity index (χ1n) is 6.85. The summed E-state index contributed by atoms with van der Waals surface area (Å²) < 4.78 is 10.6. The van der Waals surface area contributed by atoms with E-state index in [9.17, 15) is 5.11 Å². The normalized spacial score (nSPS) is 12.5. The van der Waals surface area contributed by atoms with Gasteiger partial charge in [0.1, 0.15) is 5.75 Å². The molecule has 1 heterocycles. The van der Waals surface area contributed by atoms with Crippen molar-refractivity contribution >= 4 is 0 Å². The minimum absolute atomic E-state index is 0.376. The molecule has 0 aliphatic rings. The molecule has 0 spiro atoms. The third-order valence-electron chi connectivity index (χ3n) is 3.21. The number of aliphatic hydroxyl groups excluding tert-OH is 1. The van der Waals surface area contributed by atoms with E-state index < -0.39 is 0 Å². The third kappa shape index (κ3) is 4.80. The SMILES string of the molecule is CCOCCCC(O)Cc1ncc(C)c(OC)c1C. The molecule has 0 aliphatic heterocycles. The van der Waals surface area contributed by atoms with Gasteiger partial charge in [-0.2, -0.15) is 0 Å². The molecule has 1 unspecified atom stereocenters. The maximum atomic E-state index is 10.0. The van der Waals surface area contributed by atoms with Crippen LogP contribution >= 0.6 is 0 Å². The topological polar surface area (TPSA) is 51.6 Å². The quantitative estimate of drug-likeness (QED) is 0.735. The highest BCUT2D eigenvalue weighted by Gasteiger charge is 2.13. The Morgan fingerprint density at radius 2 is 2.11 bits per heavy atom. The Morgan fingerprint density at radius 1 is 1.37 bits per heavy atom. The molecular weight excluding hydrogens is 242 g/mol. The molecule has 1 atom stereocenters. The van der Waals surface area contributed by atoms with Crippen LogP contribution in [-0.4, -0.2) is 36.5 Å². The summed E-state index contributed by atoms with van der Waals surface area (Å²) in [5.41, 5.74) is 2.95. The minimum atomic E-state index is -0.376. The summed E-state index contributed by atoms with van der Waals surface area (Å²) in [5.74, 6) is 0.867. The van der Waals surface area contributed by atoms with Gasteiger partial charge < -0.3 is 14.6 Å². The number of pyridine rings is 1. The monoisotopic (exact) mass is 267 g/mol. The Hall–Kier alpha value is -1.13. The number of methoxy groups -OCH3 is 1. The molecule has 1 N–H and O–H groups in total. The zero-order chi connectivity index (χ0) is 14.3. The van der Waals surface area contributed by atoms with Crippen LogP contribution in [0.2, 0.25) is 0 Å². The van der Waals surface area contributed by atoms with E-state index in [1.165, 1.54) is 0 Å². The number of aryl methyl sites for hydroxylation is 1. The van der Waals surface area contributed by atoms with E-state index in [1.54, 1.807) is 13.3 Å². The van der Waals surface area contributed by atoms with Crippen molar-refractivity contribution in [2.75, 3.05) is 20.3 Å². The van der Waals surface area contributed by atoms with Gasteiger partial charge in [-0.15, -0.1) is 0 Å². The van der Waals surface area contributed by atoms with E-state index >= 15 is 0 Å². The van der Waals surface area contributed by atoms with Crippen LogP contribution in [0.3, 0.4) is 0 Å². The molecule has 0 saturated carbocycles. The largest absolute Gasteiger partial charge is 0.496 e.